The van der Waals surface area contributed by atoms with E-state index in [-0.39, 0.29) is 28.5 Å². The summed E-state index contributed by atoms with van der Waals surface area (Å²) in [6, 6.07) is 12.1. The average Bonchev–Trinajstić information content (AvgIpc) is 3.78. The molecule has 16 nitrogen and oxygen atoms in total. The predicted molar refractivity (Wildman–Crippen MR) is 206 cm³/mol. The van der Waals surface area contributed by atoms with Crippen molar-refractivity contribution in [3.63, 3.8) is 0 Å². The molecule has 0 aliphatic rings. The molecule has 0 aliphatic heterocycles. The topological polar surface area (TPSA) is 240 Å². The maximum atomic E-state index is 12.8. The number of carbonyl (C=O) groups excluding carboxylic acids is 2. The molecule has 0 aliphatic carbocycles. The maximum absolute atomic E-state index is 12.8. The Bertz CT molecular complexity index is 2270. The van der Waals surface area contributed by atoms with Crippen molar-refractivity contribution in [1.29, 1.82) is 0 Å². The zero-order chi connectivity index (χ0) is 39.5. The molecule has 0 radical (unpaired) electrons. The van der Waals surface area contributed by atoms with Crippen molar-refractivity contribution in [2.45, 2.75) is 35.1 Å². The lowest BCUT2D eigenvalue weighted by Gasteiger charge is -2.03. The van der Waals surface area contributed by atoms with Crippen LogP contribution >= 0.6 is 15.9 Å². The molecule has 4 heterocycles. The SMILES string of the molecule is C.Cc1cc(C)cc(-c2ncn(/C=C(/C(N)=O)c3cnc(F)nc3)n2)c1.Cc1cc(C)cc(-c2ncn(/C=C(\Br)C(N)=O)n2)c1.OB(O)c1cnc(F)nc1. The van der Waals surface area contributed by atoms with Gasteiger partial charge in [-0.3, -0.25) is 9.59 Å². The molecular formula is C35H36BBrF2N12O4. The molecule has 0 saturated heterocycles. The predicted octanol–water partition coefficient (Wildman–Crippen LogP) is 3.15. The van der Waals surface area contributed by atoms with Gasteiger partial charge in [0.2, 0.25) is 0 Å². The van der Waals surface area contributed by atoms with Crippen molar-refractivity contribution in [2.24, 2.45) is 11.5 Å². The normalized spacial score (nSPS) is 11.0. The van der Waals surface area contributed by atoms with E-state index in [9.17, 15) is 18.4 Å². The van der Waals surface area contributed by atoms with Gasteiger partial charge in [0.05, 0.1) is 11.8 Å². The Morgan fingerprint density at radius 3 is 1.45 bits per heavy atom. The van der Waals surface area contributed by atoms with Crippen LogP contribution in [0.4, 0.5) is 8.78 Å². The number of hydrogen-bond acceptors (Lipinski definition) is 12. The first-order chi connectivity index (χ1) is 25.6. The van der Waals surface area contributed by atoms with E-state index in [1.807, 2.05) is 52.0 Å². The van der Waals surface area contributed by atoms with E-state index in [0.717, 1.165) is 45.8 Å². The first kappa shape index (κ1) is 43.0. The number of hydrogen-bond donors (Lipinski definition) is 4. The smallest absolute Gasteiger partial charge is 0.423 e. The number of primary amides is 2. The number of carbonyl (C=O) groups is 2. The summed E-state index contributed by atoms with van der Waals surface area (Å²) < 4.78 is 27.9. The highest BCUT2D eigenvalue weighted by molar-refractivity contribution is 9.12. The van der Waals surface area contributed by atoms with Crippen molar-refractivity contribution in [3.8, 4) is 22.8 Å². The molecule has 0 spiro atoms. The summed E-state index contributed by atoms with van der Waals surface area (Å²) in [6.07, 6.45) is 8.47. The zero-order valence-electron chi connectivity index (χ0n) is 29.1. The lowest BCUT2D eigenvalue weighted by atomic mass is 9.83. The molecule has 0 atom stereocenters. The summed E-state index contributed by atoms with van der Waals surface area (Å²) in [7, 11) is -1.64. The quantitative estimate of drug-likeness (QED) is 0.0985. The second-order valence-electron chi connectivity index (χ2n) is 11.5. The molecule has 0 saturated carbocycles. The van der Waals surface area contributed by atoms with Gasteiger partial charge in [0.25, 0.3) is 11.8 Å². The van der Waals surface area contributed by atoms with E-state index >= 15 is 0 Å². The van der Waals surface area contributed by atoms with Crippen LogP contribution in [-0.4, -0.2) is 78.4 Å². The van der Waals surface area contributed by atoms with Gasteiger partial charge in [-0.1, -0.05) is 41.8 Å². The van der Waals surface area contributed by atoms with E-state index in [1.165, 1.54) is 46.8 Å². The maximum Gasteiger partial charge on any atom is 0.491 e. The molecule has 6 rings (SSSR count). The Morgan fingerprint density at radius 1 is 0.673 bits per heavy atom. The number of benzene rings is 2. The Kier molecular flexibility index (Phi) is 15.4. The third-order valence-electron chi connectivity index (χ3n) is 6.85. The number of nitrogens with two attached hydrogens (primary N) is 2. The number of nitrogens with zero attached hydrogens (tertiary/aromatic N) is 10. The van der Waals surface area contributed by atoms with Gasteiger partial charge < -0.3 is 21.5 Å². The molecule has 6 aromatic rings. The third kappa shape index (κ3) is 12.9. The number of rotatable bonds is 8. The van der Waals surface area contributed by atoms with E-state index in [2.05, 4.69) is 68.2 Å². The molecule has 284 valence electrons. The Morgan fingerprint density at radius 2 is 1.07 bits per heavy atom. The van der Waals surface area contributed by atoms with E-state index in [1.54, 1.807) is 0 Å². The van der Waals surface area contributed by atoms with Gasteiger partial charge in [-0.25, -0.2) is 39.3 Å². The van der Waals surface area contributed by atoms with Crippen LogP contribution in [0.15, 0.2) is 78.3 Å². The largest absolute Gasteiger partial charge is 0.491 e. The highest BCUT2D eigenvalue weighted by Gasteiger charge is 2.13. The molecule has 4 aromatic heterocycles. The van der Waals surface area contributed by atoms with Crippen molar-refractivity contribution >= 4 is 58.3 Å². The van der Waals surface area contributed by atoms with Gasteiger partial charge in [-0.2, -0.15) is 8.78 Å². The first-order valence-corrected chi connectivity index (χ1v) is 16.4. The van der Waals surface area contributed by atoms with E-state index in [4.69, 9.17) is 21.5 Å². The van der Waals surface area contributed by atoms with Gasteiger partial charge in [0, 0.05) is 53.1 Å². The van der Waals surface area contributed by atoms with Gasteiger partial charge in [0.15, 0.2) is 11.6 Å². The summed E-state index contributed by atoms with van der Waals surface area (Å²) in [6.45, 7) is 8.04. The van der Waals surface area contributed by atoms with Crippen molar-refractivity contribution < 1.29 is 28.4 Å². The van der Waals surface area contributed by atoms with E-state index in [0.29, 0.717) is 11.6 Å². The van der Waals surface area contributed by atoms with Gasteiger partial charge >= 0.3 is 19.3 Å². The highest BCUT2D eigenvalue weighted by Crippen LogP contribution is 2.20. The second kappa shape index (κ2) is 19.6. The minimum atomic E-state index is -1.64. The van der Waals surface area contributed by atoms with Crippen LogP contribution < -0.4 is 16.9 Å². The highest BCUT2D eigenvalue weighted by atomic mass is 79.9. The number of aryl methyl sites for hydroxylation is 4. The molecule has 55 heavy (non-hydrogen) atoms. The molecule has 20 heteroatoms. The van der Waals surface area contributed by atoms with Gasteiger partial charge in [-0.15, -0.1) is 10.2 Å². The summed E-state index contributed by atoms with van der Waals surface area (Å²) in [5, 5.41) is 25.5. The molecular weight excluding hydrogens is 781 g/mol. The van der Waals surface area contributed by atoms with E-state index < -0.39 is 31.1 Å². The van der Waals surface area contributed by atoms with Gasteiger partial charge in [0.1, 0.15) is 17.1 Å². The lowest BCUT2D eigenvalue weighted by Crippen LogP contribution is -2.30. The fourth-order valence-corrected chi connectivity index (χ4v) is 4.86. The summed E-state index contributed by atoms with van der Waals surface area (Å²) in [5.41, 5.74) is 17.3. The fraction of sp³-hybridized carbons (Fsp3) is 0.143. The standard InChI is InChI=1S/C17H15FN6O.C13H13BrN4O.C4H4BFN2O2.CH4/c1-10-3-11(2)5-12(4-10)16-22-9-24(23-16)8-14(15(19)25)13-6-20-17(18)21-7-13;1-8-3-9(2)5-10(4-8)13-16-7-18(17-13)6-11(14)12(15)19;6-4-7-1-3(2-8-4)5(9)10;/h3-9H,1-2H3,(H2,19,25);3-7H,1-2H3,(H2,15,19);1-2,9-10H;1H4/b14-8+;11-6-;;. The summed E-state index contributed by atoms with van der Waals surface area (Å²) in [4.78, 5) is 44.1. The molecule has 0 bridgehead atoms. The van der Waals surface area contributed by atoms with Crippen LogP contribution in [0.1, 0.15) is 35.2 Å². The monoisotopic (exact) mass is 816 g/mol. The number of halogens is 3. The van der Waals surface area contributed by atoms with Crippen molar-refractivity contribution in [1.82, 2.24) is 49.5 Å². The molecule has 0 fully saturated rings. The average molecular weight is 817 g/mol. The van der Waals surface area contributed by atoms with Crippen LogP contribution in [0.2, 0.25) is 0 Å². The Hall–Kier alpha value is -6.38. The Balaban J connectivity index is 0.000000239. The second-order valence-corrected chi connectivity index (χ2v) is 12.4. The molecule has 2 amide bonds. The van der Waals surface area contributed by atoms with Gasteiger partial charge in [-0.05, 0) is 67.9 Å². The van der Waals surface area contributed by atoms with Crippen molar-refractivity contribution in [2.75, 3.05) is 0 Å². The molecule has 2 aromatic carbocycles. The number of amides is 2. The lowest BCUT2D eigenvalue weighted by molar-refractivity contribution is -0.114. The van der Waals surface area contributed by atoms with Crippen LogP contribution in [0, 0.1) is 39.9 Å². The first-order valence-electron chi connectivity index (χ1n) is 15.6. The van der Waals surface area contributed by atoms with Crippen LogP contribution in [0.3, 0.4) is 0 Å². The summed E-state index contributed by atoms with van der Waals surface area (Å²) in [5.74, 6) is -0.142. The minimum absolute atomic E-state index is 0. The van der Waals surface area contributed by atoms with Crippen molar-refractivity contribution in [3.05, 3.63) is 118 Å². The van der Waals surface area contributed by atoms with Crippen LogP contribution in [0.5, 0.6) is 0 Å². The molecule has 6 N–H and O–H groups in total. The zero-order valence-corrected chi connectivity index (χ0v) is 30.7. The molecule has 0 unspecified atom stereocenters. The summed E-state index contributed by atoms with van der Waals surface area (Å²) >= 11 is 3.07. The fourth-order valence-electron chi connectivity index (χ4n) is 4.65. The minimum Gasteiger partial charge on any atom is -0.423 e. The van der Waals surface area contributed by atoms with Crippen LogP contribution in [-0.2, 0) is 9.59 Å². The Labute approximate surface area is 323 Å². The third-order valence-corrected chi connectivity index (χ3v) is 7.45. The van der Waals surface area contributed by atoms with Crippen LogP contribution in [0.25, 0.3) is 40.7 Å². The number of aromatic nitrogens is 10.